The van der Waals surface area contributed by atoms with Crippen LogP contribution >= 0.6 is 11.3 Å². The van der Waals surface area contributed by atoms with E-state index in [4.69, 9.17) is 15.2 Å². The summed E-state index contributed by atoms with van der Waals surface area (Å²) in [7, 11) is 0. The first-order chi connectivity index (χ1) is 12.2. The van der Waals surface area contributed by atoms with Gasteiger partial charge in [-0.05, 0) is 24.8 Å². The summed E-state index contributed by atoms with van der Waals surface area (Å²) in [6, 6.07) is 8.57. The Morgan fingerprint density at radius 2 is 1.92 bits per heavy atom. The number of benzene rings is 1. The molecule has 25 heavy (non-hydrogen) atoms. The lowest BCUT2D eigenvalue weighted by atomic mass is 9.99. The van der Waals surface area contributed by atoms with Crippen LogP contribution in [-0.2, 0) is 18.4 Å². The predicted octanol–water partition coefficient (Wildman–Crippen LogP) is 4.07. The highest BCUT2D eigenvalue weighted by molar-refractivity contribution is 7.13. The van der Waals surface area contributed by atoms with Gasteiger partial charge in [0.1, 0.15) is 5.01 Å². The van der Waals surface area contributed by atoms with Crippen LogP contribution in [0.3, 0.4) is 0 Å². The molecular weight excluding hydrogens is 332 g/mol. The van der Waals surface area contributed by atoms with Gasteiger partial charge in [-0.25, -0.2) is 4.98 Å². The molecule has 2 N–H and O–H groups in total. The smallest absolute Gasteiger partial charge is 0.232 e. The van der Waals surface area contributed by atoms with Gasteiger partial charge in [0.2, 0.25) is 5.89 Å². The number of thiazole rings is 1. The Morgan fingerprint density at radius 3 is 2.64 bits per heavy atom. The first-order valence-corrected chi connectivity index (χ1v) is 9.70. The van der Waals surface area contributed by atoms with Gasteiger partial charge in [0.05, 0.1) is 17.7 Å². The second-order valence-electron chi connectivity index (χ2n) is 6.75. The van der Waals surface area contributed by atoms with Crippen molar-refractivity contribution in [1.82, 2.24) is 15.1 Å². The first kappa shape index (κ1) is 16.4. The van der Waals surface area contributed by atoms with Gasteiger partial charge in [0.15, 0.2) is 5.82 Å². The topological polar surface area (TPSA) is 77.8 Å². The number of hydrogen-bond donors (Lipinski definition) is 1. The van der Waals surface area contributed by atoms with Crippen molar-refractivity contribution in [1.29, 1.82) is 0 Å². The van der Waals surface area contributed by atoms with Crippen LogP contribution in [0.2, 0.25) is 0 Å². The molecule has 1 fully saturated rings. The number of hydrogen-bond acceptors (Lipinski definition) is 6. The Bertz CT molecular complexity index is 846. The van der Waals surface area contributed by atoms with E-state index in [0.29, 0.717) is 18.1 Å². The Hall–Kier alpha value is -2.05. The summed E-state index contributed by atoms with van der Waals surface area (Å²) in [6.07, 6.45) is 5.72. The Kier molecular flexibility index (Phi) is 4.39. The van der Waals surface area contributed by atoms with Gasteiger partial charge in [-0.15, -0.1) is 11.3 Å². The molecule has 1 aromatic carbocycles. The van der Waals surface area contributed by atoms with Crippen molar-refractivity contribution in [2.75, 3.05) is 0 Å². The van der Waals surface area contributed by atoms with Gasteiger partial charge < -0.3 is 10.3 Å². The van der Waals surface area contributed by atoms with Crippen LogP contribution in [-0.4, -0.2) is 15.1 Å². The zero-order valence-electron chi connectivity index (χ0n) is 14.4. The molecule has 0 atom stereocenters. The van der Waals surface area contributed by atoms with Crippen molar-refractivity contribution in [2.45, 2.75) is 51.0 Å². The average molecular weight is 354 g/mol. The molecule has 130 valence electrons. The molecule has 0 spiro atoms. The normalized spacial score (nSPS) is 16.4. The quantitative estimate of drug-likeness (QED) is 0.747. The summed E-state index contributed by atoms with van der Waals surface area (Å²) in [5.74, 6) is 1.23. The third-order valence-electron chi connectivity index (χ3n) is 4.90. The predicted molar refractivity (Wildman–Crippen MR) is 98.4 cm³/mol. The monoisotopic (exact) mass is 354 g/mol. The fraction of sp³-hybridized carbons (Fsp3) is 0.421. The highest BCUT2D eigenvalue weighted by Crippen LogP contribution is 2.34. The highest BCUT2D eigenvalue weighted by atomic mass is 32.1. The second kappa shape index (κ2) is 6.69. The summed E-state index contributed by atoms with van der Waals surface area (Å²) >= 11 is 1.64. The van der Waals surface area contributed by atoms with Crippen molar-refractivity contribution in [3.05, 3.63) is 52.6 Å². The molecule has 2 aromatic heterocycles. The Labute approximate surface area is 151 Å². The summed E-state index contributed by atoms with van der Waals surface area (Å²) in [6.45, 7) is 2.16. The SMILES string of the molecule is CCc1ccc(-c2nc(Cc3nc(C4(N)CCCC4)no3)cs2)cc1. The van der Waals surface area contributed by atoms with Gasteiger partial charge >= 0.3 is 0 Å². The van der Waals surface area contributed by atoms with Gasteiger partial charge in [0, 0.05) is 10.9 Å². The number of nitrogens with two attached hydrogens (primary N) is 1. The third-order valence-corrected chi connectivity index (χ3v) is 5.84. The van der Waals surface area contributed by atoms with E-state index in [-0.39, 0.29) is 0 Å². The largest absolute Gasteiger partial charge is 0.339 e. The van der Waals surface area contributed by atoms with Crippen molar-refractivity contribution in [2.24, 2.45) is 5.73 Å². The molecule has 0 saturated heterocycles. The van der Waals surface area contributed by atoms with Crippen LogP contribution in [0.5, 0.6) is 0 Å². The van der Waals surface area contributed by atoms with Gasteiger partial charge in [-0.2, -0.15) is 4.98 Å². The van der Waals surface area contributed by atoms with E-state index in [1.807, 2.05) is 0 Å². The fourth-order valence-electron chi connectivity index (χ4n) is 3.32. The molecule has 2 heterocycles. The molecule has 0 amide bonds. The lowest BCUT2D eigenvalue weighted by Gasteiger charge is -2.17. The minimum Gasteiger partial charge on any atom is -0.339 e. The van der Waals surface area contributed by atoms with Crippen molar-refractivity contribution < 1.29 is 4.52 Å². The summed E-state index contributed by atoms with van der Waals surface area (Å²) < 4.78 is 5.41. The molecule has 0 radical (unpaired) electrons. The van der Waals surface area contributed by atoms with Gasteiger partial charge in [-0.1, -0.05) is 49.2 Å². The van der Waals surface area contributed by atoms with E-state index in [0.717, 1.165) is 48.4 Å². The van der Waals surface area contributed by atoms with E-state index in [2.05, 4.69) is 46.7 Å². The molecular formula is C19H22N4OS. The zero-order valence-corrected chi connectivity index (χ0v) is 15.2. The highest BCUT2D eigenvalue weighted by Gasteiger charge is 2.35. The third kappa shape index (κ3) is 3.37. The van der Waals surface area contributed by atoms with Gasteiger partial charge in [0.25, 0.3) is 0 Å². The summed E-state index contributed by atoms with van der Waals surface area (Å²) in [4.78, 5) is 9.24. The van der Waals surface area contributed by atoms with Gasteiger partial charge in [-0.3, -0.25) is 0 Å². The van der Waals surface area contributed by atoms with Crippen LogP contribution in [0.25, 0.3) is 10.6 Å². The number of rotatable bonds is 5. The summed E-state index contributed by atoms with van der Waals surface area (Å²) in [5, 5.41) is 7.19. The van der Waals surface area contributed by atoms with Crippen LogP contribution in [0, 0.1) is 0 Å². The van der Waals surface area contributed by atoms with E-state index >= 15 is 0 Å². The minimum atomic E-state index is -0.407. The zero-order chi connectivity index (χ0) is 17.3. The number of aromatic nitrogens is 3. The maximum atomic E-state index is 6.39. The Morgan fingerprint density at radius 1 is 1.16 bits per heavy atom. The lowest BCUT2D eigenvalue weighted by molar-refractivity contribution is 0.352. The van der Waals surface area contributed by atoms with Crippen LogP contribution in [0.1, 0.15) is 55.6 Å². The fourth-order valence-corrected chi connectivity index (χ4v) is 4.14. The first-order valence-electron chi connectivity index (χ1n) is 8.82. The molecule has 0 aliphatic heterocycles. The molecule has 0 unspecified atom stereocenters. The van der Waals surface area contributed by atoms with Crippen molar-refractivity contribution in [3.8, 4) is 10.6 Å². The molecule has 5 nitrogen and oxygen atoms in total. The van der Waals surface area contributed by atoms with E-state index in [1.54, 1.807) is 11.3 Å². The molecule has 1 aliphatic carbocycles. The molecule has 1 saturated carbocycles. The van der Waals surface area contributed by atoms with Crippen molar-refractivity contribution >= 4 is 11.3 Å². The Balaban J connectivity index is 1.48. The molecule has 4 rings (SSSR count). The second-order valence-corrected chi connectivity index (χ2v) is 7.60. The number of aryl methyl sites for hydroxylation is 1. The standard InChI is InChI=1S/C19H22N4OS/c1-2-13-5-7-14(8-6-13)17-21-15(12-25-17)11-16-22-18(23-24-16)19(20)9-3-4-10-19/h5-8,12H,2-4,9-11,20H2,1H3. The van der Waals surface area contributed by atoms with Crippen LogP contribution in [0.15, 0.2) is 34.2 Å². The van der Waals surface area contributed by atoms with Crippen LogP contribution in [0.4, 0.5) is 0 Å². The summed E-state index contributed by atoms with van der Waals surface area (Å²) in [5.41, 5.74) is 9.42. The lowest BCUT2D eigenvalue weighted by Crippen LogP contribution is -2.34. The van der Waals surface area contributed by atoms with Crippen molar-refractivity contribution in [3.63, 3.8) is 0 Å². The maximum Gasteiger partial charge on any atom is 0.232 e. The molecule has 6 heteroatoms. The maximum absolute atomic E-state index is 6.39. The van der Waals surface area contributed by atoms with E-state index < -0.39 is 5.54 Å². The number of nitrogens with zero attached hydrogens (tertiary/aromatic N) is 3. The minimum absolute atomic E-state index is 0.407. The average Bonchev–Trinajstić information content (AvgIpc) is 3.37. The van der Waals surface area contributed by atoms with E-state index in [9.17, 15) is 0 Å². The van der Waals surface area contributed by atoms with E-state index in [1.165, 1.54) is 5.56 Å². The molecule has 1 aliphatic rings. The molecule has 3 aromatic rings. The molecule has 0 bridgehead atoms. The van der Waals surface area contributed by atoms with Crippen LogP contribution < -0.4 is 5.73 Å².